The van der Waals surface area contributed by atoms with Gasteiger partial charge in [0.15, 0.2) is 11.5 Å². The van der Waals surface area contributed by atoms with Crippen molar-refractivity contribution in [3.05, 3.63) is 47.5 Å². The molecule has 0 spiro atoms. The van der Waals surface area contributed by atoms with Crippen molar-refractivity contribution in [1.82, 2.24) is 9.80 Å². The maximum Gasteiger partial charge on any atom is 0.325 e. The summed E-state index contributed by atoms with van der Waals surface area (Å²) in [6, 6.07) is 11.1. The van der Waals surface area contributed by atoms with Crippen LogP contribution in [0.15, 0.2) is 36.4 Å². The Bertz CT molecular complexity index is 976. The summed E-state index contributed by atoms with van der Waals surface area (Å²) in [5, 5.41) is 0. The van der Waals surface area contributed by atoms with E-state index in [4.69, 9.17) is 14.2 Å². The molecule has 31 heavy (non-hydrogen) atoms. The summed E-state index contributed by atoms with van der Waals surface area (Å²) >= 11 is 0. The lowest BCUT2D eigenvalue weighted by Crippen LogP contribution is -2.44. The summed E-state index contributed by atoms with van der Waals surface area (Å²) < 4.78 is 15.9. The second-order valence-corrected chi connectivity index (χ2v) is 7.59. The van der Waals surface area contributed by atoms with E-state index < -0.39 is 0 Å². The Labute approximate surface area is 181 Å². The zero-order valence-electron chi connectivity index (χ0n) is 18.1. The first-order valence-corrected chi connectivity index (χ1v) is 10.3. The highest BCUT2D eigenvalue weighted by atomic mass is 16.5. The molecule has 1 fully saturated rings. The number of urea groups is 1. The first-order chi connectivity index (χ1) is 15.0. The number of methoxy groups -OCH3 is 3. The number of amides is 3. The lowest BCUT2D eigenvalue weighted by molar-refractivity contribution is -0.132. The molecule has 0 aromatic heterocycles. The van der Waals surface area contributed by atoms with Crippen molar-refractivity contribution < 1.29 is 23.8 Å². The largest absolute Gasteiger partial charge is 0.497 e. The molecule has 3 amide bonds. The van der Waals surface area contributed by atoms with Gasteiger partial charge in [0.2, 0.25) is 5.91 Å². The summed E-state index contributed by atoms with van der Waals surface area (Å²) in [6.45, 7) is 2.27. The van der Waals surface area contributed by atoms with Crippen LogP contribution in [0.2, 0.25) is 0 Å². The smallest absolute Gasteiger partial charge is 0.325 e. The van der Waals surface area contributed by atoms with Gasteiger partial charge in [-0.15, -0.1) is 0 Å². The molecule has 8 heteroatoms. The molecule has 0 bridgehead atoms. The minimum absolute atomic E-state index is 0.0506. The van der Waals surface area contributed by atoms with Gasteiger partial charge in [0.1, 0.15) is 12.3 Å². The number of carbonyl (C=O) groups is 2. The van der Waals surface area contributed by atoms with Gasteiger partial charge < -0.3 is 24.0 Å². The van der Waals surface area contributed by atoms with Gasteiger partial charge in [-0.2, -0.15) is 0 Å². The van der Waals surface area contributed by atoms with Crippen LogP contribution in [0.1, 0.15) is 11.1 Å². The van der Waals surface area contributed by atoms with Crippen LogP contribution in [0.4, 0.5) is 10.5 Å². The fourth-order valence-electron chi connectivity index (χ4n) is 4.09. The predicted molar refractivity (Wildman–Crippen MR) is 116 cm³/mol. The number of carbonyl (C=O) groups excluding carboxylic acids is 2. The van der Waals surface area contributed by atoms with E-state index in [-0.39, 0.29) is 18.5 Å². The molecule has 4 rings (SSSR count). The fraction of sp³-hybridized carbons (Fsp3) is 0.391. The summed E-state index contributed by atoms with van der Waals surface area (Å²) in [4.78, 5) is 30.9. The number of hydrogen-bond donors (Lipinski definition) is 0. The highest BCUT2D eigenvalue weighted by Gasteiger charge is 2.32. The molecule has 164 valence electrons. The van der Waals surface area contributed by atoms with E-state index in [9.17, 15) is 9.59 Å². The average molecular weight is 425 g/mol. The zero-order valence-corrected chi connectivity index (χ0v) is 18.1. The highest BCUT2D eigenvalue weighted by molar-refractivity contribution is 5.96. The van der Waals surface area contributed by atoms with E-state index >= 15 is 0 Å². The van der Waals surface area contributed by atoms with Gasteiger partial charge in [-0.1, -0.05) is 0 Å². The third-order valence-electron chi connectivity index (χ3n) is 5.88. The molecule has 0 N–H and O–H groups in total. The minimum Gasteiger partial charge on any atom is -0.497 e. The number of hydrogen-bond acceptors (Lipinski definition) is 5. The average Bonchev–Trinajstić information content (AvgIpc) is 3.17. The number of benzene rings is 2. The molecule has 2 aromatic rings. The summed E-state index contributed by atoms with van der Waals surface area (Å²) in [6.07, 6.45) is 0.743. The van der Waals surface area contributed by atoms with Crippen molar-refractivity contribution in [3.8, 4) is 17.2 Å². The van der Waals surface area contributed by atoms with Gasteiger partial charge in [-0.05, 0) is 53.9 Å². The molecule has 2 aromatic carbocycles. The molecule has 0 atom stereocenters. The highest BCUT2D eigenvalue weighted by Crippen LogP contribution is 2.33. The second-order valence-electron chi connectivity index (χ2n) is 7.59. The van der Waals surface area contributed by atoms with Gasteiger partial charge in [-0.25, -0.2) is 4.79 Å². The van der Waals surface area contributed by atoms with Crippen LogP contribution in [0, 0.1) is 0 Å². The molecule has 2 heterocycles. The summed E-state index contributed by atoms with van der Waals surface area (Å²) in [7, 11) is 4.82. The maximum atomic E-state index is 13.0. The van der Waals surface area contributed by atoms with E-state index in [1.165, 1.54) is 0 Å². The third-order valence-corrected chi connectivity index (χ3v) is 5.88. The molecule has 2 aliphatic rings. The molecule has 8 nitrogen and oxygen atoms in total. The summed E-state index contributed by atoms with van der Waals surface area (Å²) in [5.74, 6) is 2.04. The van der Waals surface area contributed by atoms with Crippen LogP contribution in [-0.4, -0.2) is 69.2 Å². The topological polar surface area (TPSA) is 71.6 Å². The number of ether oxygens (including phenoxy) is 3. The van der Waals surface area contributed by atoms with Crippen molar-refractivity contribution in [1.29, 1.82) is 0 Å². The molecule has 0 aliphatic carbocycles. The van der Waals surface area contributed by atoms with Crippen LogP contribution in [0.3, 0.4) is 0 Å². The Morgan fingerprint density at radius 1 is 0.903 bits per heavy atom. The first kappa shape index (κ1) is 20.8. The number of fused-ring (bicyclic) bond motifs is 1. The second kappa shape index (κ2) is 8.75. The molecule has 0 saturated carbocycles. The lowest BCUT2D eigenvalue weighted by Gasteiger charge is -2.31. The van der Waals surface area contributed by atoms with Crippen molar-refractivity contribution in [3.63, 3.8) is 0 Å². The van der Waals surface area contributed by atoms with Crippen molar-refractivity contribution in [2.24, 2.45) is 0 Å². The molecular formula is C23H27N3O5. The van der Waals surface area contributed by atoms with Crippen LogP contribution < -0.4 is 19.1 Å². The molecule has 0 unspecified atom stereocenters. The van der Waals surface area contributed by atoms with E-state index in [1.54, 1.807) is 36.0 Å². The van der Waals surface area contributed by atoms with Crippen LogP contribution >= 0.6 is 0 Å². The SMILES string of the molecule is COc1ccc(N2CCN(CC(=O)N3CCc4cc(OC)c(OC)cc4C3)C2=O)cc1. The zero-order chi connectivity index (χ0) is 22.0. The Morgan fingerprint density at radius 2 is 1.58 bits per heavy atom. The Morgan fingerprint density at radius 3 is 2.23 bits per heavy atom. The number of rotatable bonds is 6. The van der Waals surface area contributed by atoms with Crippen molar-refractivity contribution >= 4 is 17.6 Å². The normalized spacial score (nSPS) is 15.7. The lowest BCUT2D eigenvalue weighted by atomic mass is 9.98. The number of anilines is 1. The van der Waals surface area contributed by atoms with Crippen molar-refractivity contribution in [2.75, 3.05) is 52.4 Å². The van der Waals surface area contributed by atoms with Crippen molar-refractivity contribution in [2.45, 2.75) is 13.0 Å². The van der Waals surface area contributed by atoms with Gasteiger partial charge in [0, 0.05) is 31.9 Å². The molecular weight excluding hydrogens is 398 g/mol. The van der Waals surface area contributed by atoms with Gasteiger partial charge in [0.25, 0.3) is 0 Å². The van der Waals surface area contributed by atoms with Gasteiger partial charge in [-0.3, -0.25) is 9.69 Å². The Balaban J connectivity index is 1.40. The monoisotopic (exact) mass is 425 g/mol. The standard InChI is InChI=1S/C23H27N3O5/c1-29-19-6-4-18(5-7-19)26-11-10-25(23(26)28)15-22(27)24-9-8-16-12-20(30-2)21(31-3)13-17(16)14-24/h4-7,12-13H,8-11,14-15H2,1-3H3. The predicted octanol–water partition coefficient (Wildman–Crippen LogP) is 2.54. The van der Waals surface area contributed by atoms with Crippen LogP contribution in [-0.2, 0) is 17.8 Å². The van der Waals surface area contributed by atoms with Crippen LogP contribution in [0.5, 0.6) is 17.2 Å². The molecule has 1 saturated heterocycles. The van der Waals surface area contributed by atoms with E-state index in [0.717, 1.165) is 29.0 Å². The molecule has 0 radical (unpaired) electrons. The Hall–Kier alpha value is -3.42. The van der Waals surface area contributed by atoms with E-state index in [1.807, 2.05) is 36.4 Å². The van der Waals surface area contributed by atoms with E-state index in [2.05, 4.69) is 0 Å². The van der Waals surface area contributed by atoms with Gasteiger partial charge >= 0.3 is 6.03 Å². The van der Waals surface area contributed by atoms with Gasteiger partial charge in [0.05, 0.1) is 21.3 Å². The van der Waals surface area contributed by atoms with Crippen LogP contribution in [0.25, 0.3) is 0 Å². The third kappa shape index (κ3) is 4.10. The first-order valence-electron chi connectivity index (χ1n) is 10.3. The Kier molecular flexibility index (Phi) is 5.88. The van der Waals surface area contributed by atoms with E-state index in [0.29, 0.717) is 37.7 Å². The molecule has 2 aliphatic heterocycles. The summed E-state index contributed by atoms with van der Waals surface area (Å²) in [5.41, 5.74) is 3.00. The maximum absolute atomic E-state index is 13.0. The quantitative estimate of drug-likeness (QED) is 0.711. The number of nitrogens with zero attached hydrogens (tertiary/aromatic N) is 3. The minimum atomic E-state index is -0.151. The fourth-order valence-corrected chi connectivity index (χ4v) is 4.09.